The van der Waals surface area contributed by atoms with Crippen LogP contribution >= 0.6 is 0 Å². The Morgan fingerprint density at radius 1 is 1.27 bits per heavy atom. The summed E-state index contributed by atoms with van der Waals surface area (Å²) in [4.78, 5) is 18.5. The zero-order valence-electron chi connectivity index (χ0n) is 17.4. The minimum atomic E-state index is -0.262. The van der Waals surface area contributed by atoms with Crippen LogP contribution in [0.3, 0.4) is 0 Å². The molecule has 0 radical (unpaired) electrons. The fourth-order valence-electron chi connectivity index (χ4n) is 3.45. The van der Waals surface area contributed by atoms with Crippen molar-refractivity contribution in [3.05, 3.63) is 58.8 Å². The molecule has 0 spiro atoms. The van der Waals surface area contributed by atoms with E-state index in [0.29, 0.717) is 18.9 Å². The molecule has 1 atom stereocenters. The fraction of sp³-hybridized carbons (Fsp3) is 0.333. The number of pyridine rings is 1. The second-order valence-corrected chi connectivity index (χ2v) is 7.59. The molecular weight excluding hydrogens is 385 g/mol. The van der Waals surface area contributed by atoms with Gasteiger partial charge in [-0.25, -0.2) is 14.1 Å². The number of aryl methyl sites for hydroxylation is 2. The molecule has 0 bridgehead atoms. The first-order chi connectivity index (χ1) is 14.3. The van der Waals surface area contributed by atoms with Gasteiger partial charge in [0.15, 0.2) is 0 Å². The summed E-state index contributed by atoms with van der Waals surface area (Å²) in [5.74, 6) is 0.389. The molecule has 30 heavy (non-hydrogen) atoms. The number of rotatable bonds is 5. The predicted molar refractivity (Wildman–Crippen MR) is 113 cm³/mol. The number of nitrogens with zero attached hydrogens (tertiary/aromatic N) is 5. The molecule has 2 aromatic heterocycles. The van der Waals surface area contributed by atoms with E-state index in [0.717, 1.165) is 33.9 Å². The summed E-state index contributed by atoms with van der Waals surface area (Å²) in [6.45, 7) is 6.57. The second kappa shape index (κ2) is 7.74. The molecule has 0 saturated carbocycles. The third kappa shape index (κ3) is 3.83. The number of aromatic nitrogens is 4. The smallest absolute Gasteiger partial charge is 0.246 e. The van der Waals surface area contributed by atoms with Crippen molar-refractivity contribution < 1.29 is 9.18 Å². The van der Waals surface area contributed by atoms with E-state index in [2.05, 4.69) is 25.9 Å². The number of hydrogen-bond donors (Lipinski definition) is 2. The zero-order valence-corrected chi connectivity index (χ0v) is 17.4. The summed E-state index contributed by atoms with van der Waals surface area (Å²) in [5.41, 5.74) is 5.02. The summed E-state index contributed by atoms with van der Waals surface area (Å²) in [6, 6.07) is 6.39. The molecule has 0 aliphatic carbocycles. The Bertz CT molecular complexity index is 1110. The van der Waals surface area contributed by atoms with Crippen LogP contribution in [-0.4, -0.2) is 39.0 Å². The quantitative estimate of drug-likeness (QED) is 0.674. The number of carbonyl (C=O) groups excluding carboxylic acids is 1. The van der Waals surface area contributed by atoms with Gasteiger partial charge in [0.25, 0.3) is 0 Å². The van der Waals surface area contributed by atoms with Crippen LogP contribution in [0.25, 0.3) is 0 Å². The molecular formula is C21H24FN7O. The molecule has 1 aromatic carbocycles. The Hall–Kier alpha value is -3.49. The summed E-state index contributed by atoms with van der Waals surface area (Å²) >= 11 is 0. The first-order valence-corrected chi connectivity index (χ1v) is 9.75. The van der Waals surface area contributed by atoms with E-state index >= 15 is 0 Å². The summed E-state index contributed by atoms with van der Waals surface area (Å²) in [7, 11) is 1.89. The van der Waals surface area contributed by atoms with Crippen LogP contribution in [0, 0.1) is 19.7 Å². The highest BCUT2D eigenvalue weighted by Gasteiger charge is 2.28. The number of halogens is 1. The van der Waals surface area contributed by atoms with Crippen molar-refractivity contribution in [3.8, 4) is 0 Å². The molecule has 9 heteroatoms. The number of carbonyl (C=O) groups is 1. The molecule has 3 aromatic rings. The summed E-state index contributed by atoms with van der Waals surface area (Å²) < 4.78 is 15.2. The van der Waals surface area contributed by atoms with Crippen LogP contribution in [-0.2, 0) is 17.9 Å². The predicted octanol–water partition coefficient (Wildman–Crippen LogP) is 2.87. The molecule has 4 rings (SSSR count). The van der Waals surface area contributed by atoms with Crippen LogP contribution < -0.4 is 15.5 Å². The highest BCUT2D eigenvalue weighted by atomic mass is 19.1. The number of hydrogen-bond acceptors (Lipinski definition) is 6. The normalized spacial score (nSPS) is 15.7. The third-order valence-electron chi connectivity index (χ3n) is 5.45. The van der Waals surface area contributed by atoms with Gasteiger partial charge in [0, 0.05) is 13.1 Å². The molecule has 1 aliphatic heterocycles. The number of amides is 1. The van der Waals surface area contributed by atoms with Gasteiger partial charge in [0.2, 0.25) is 5.91 Å². The summed E-state index contributed by atoms with van der Waals surface area (Å²) in [5, 5.41) is 14.5. The van der Waals surface area contributed by atoms with Crippen LogP contribution in [0.5, 0.6) is 0 Å². The second-order valence-electron chi connectivity index (χ2n) is 7.59. The van der Waals surface area contributed by atoms with Gasteiger partial charge in [-0.3, -0.25) is 4.79 Å². The van der Waals surface area contributed by atoms with Crippen molar-refractivity contribution in [1.29, 1.82) is 0 Å². The summed E-state index contributed by atoms with van der Waals surface area (Å²) in [6.07, 6.45) is 1.83. The maximum absolute atomic E-state index is 13.5. The lowest BCUT2D eigenvalue weighted by molar-refractivity contribution is -0.117. The Kier molecular flexibility index (Phi) is 5.11. The van der Waals surface area contributed by atoms with Crippen LogP contribution in [0.2, 0.25) is 0 Å². The van der Waals surface area contributed by atoms with Gasteiger partial charge >= 0.3 is 0 Å². The van der Waals surface area contributed by atoms with Gasteiger partial charge in [0.05, 0.1) is 36.4 Å². The highest BCUT2D eigenvalue weighted by molar-refractivity contribution is 6.04. The monoisotopic (exact) mass is 409 g/mol. The number of fused-ring (bicyclic) bond motifs is 1. The fourth-order valence-corrected chi connectivity index (χ4v) is 3.45. The Morgan fingerprint density at radius 3 is 2.87 bits per heavy atom. The van der Waals surface area contributed by atoms with E-state index < -0.39 is 0 Å². The Labute approximate surface area is 174 Å². The van der Waals surface area contributed by atoms with Gasteiger partial charge in [-0.2, -0.15) is 0 Å². The topological polar surface area (TPSA) is 88.0 Å². The first-order valence-electron chi connectivity index (χ1n) is 9.75. The minimum Gasteiger partial charge on any atom is -0.364 e. The van der Waals surface area contributed by atoms with Gasteiger partial charge in [0.1, 0.15) is 23.4 Å². The lowest BCUT2D eigenvalue weighted by Crippen LogP contribution is -2.44. The molecule has 8 nitrogen and oxygen atoms in total. The van der Waals surface area contributed by atoms with E-state index in [9.17, 15) is 9.18 Å². The van der Waals surface area contributed by atoms with Gasteiger partial charge in [-0.1, -0.05) is 11.3 Å². The molecule has 3 heterocycles. The largest absolute Gasteiger partial charge is 0.364 e. The van der Waals surface area contributed by atoms with Gasteiger partial charge in [-0.15, -0.1) is 5.10 Å². The number of nitrogens with one attached hydrogen (secondary N) is 2. The van der Waals surface area contributed by atoms with E-state index in [4.69, 9.17) is 0 Å². The Morgan fingerprint density at radius 2 is 2.07 bits per heavy atom. The maximum Gasteiger partial charge on any atom is 0.246 e. The zero-order chi connectivity index (χ0) is 21.4. The Balaban J connectivity index is 1.46. The standard InChI is InChI=1S/C21H24FN7O/c1-12-5-6-16(22)7-15(12)10-29-11-17(26-27-29)9-23-19-8-18-20(13(2)24-19)25-21(30)14(3)28(18)4/h5-8,11,14H,9-10H2,1-4H3,(H,23,24)(H,25,30)/t14-/m0/s1. The SMILES string of the molecule is Cc1ccc(F)cc1Cn1cc(CNc2cc3c(c(C)n2)NC(=O)[C@H](C)N3C)nn1. The number of anilines is 3. The van der Waals surface area contributed by atoms with Crippen molar-refractivity contribution in [2.45, 2.75) is 39.9 Å². The van der Waals surface area contributed by atoms with E-state index in [1.54, 1.807) is 10.7 Å². The molecule has 1 aliphatic rings. The van der Waals surface area contributed by atoms with E-state index in [1.807, 2.05) is 45.0 Å². The minimum absolute atomic E-state index is 0.0410. The van der Waals surface area contributed by atoms with Gasteiger partial charge in [-0.05, 0) is 44.0 Å². The maximum atomic E-state index is 13.5. The molecule has 0 fully saturated rings. The van der Waals surface area contributed by atoms with Crippen LogP contribution in [0.1, 0.15) is 29.4 Å². The van der Waals surface area contributed by atoms with E-state index in [1.165, 1.54) is 12.1 Å². The molecule has 2 N–H and O–H groups in total. The lowest BCUT2D eigenvalue weighted by Gasteiger charge is -2.34. The number of benzene rings is 1. The average Bonchev–Trinajstić information content (AvgIpc) is 3.16. The average molecular weight is 409 g/mol. The molecule has 156 valence electrons. The molecule has 0 unspecified atom stereocenters. The van der Waals surface area contributed by atoms with Crippen molar-refractivity contribution >= 4 is 23.1 Å². The van der Waals surface area contributed by atoms with Crippen LogP contribution in [0.15, 0.2) is 30.5 Å². The van der Waals surface area contributed by atoms with Crippen molar-refractivity contribution in [2.24, 2.45) is 0 Å². The third-order valence-corrected chi connectivity index (χ3v) is 5.45. The molecule has 0 saturated heterocycles. The number of likely N-dealkylation sites (N-methyl/N-ethyl adjacent to an activating group) is 1. The van der Waals surface area contributed by atoms with Crippen molar-refractivity contribution in [1.82, 2.24) is 20.0 Å². The van der Waals surface area contributed by atoms with E-state index in [-0.39, 0.29) is 17.8 Å². The lowest BCUT2D eigenvalue weighted by atomic mass is 10.1. The highest BCUT2D eigenvalue weighted by Crippen LogP contribution is 2.34. The molecule has 1 amide bonds. The van der Waals surface area contributed by atoms with Crippen molar-refractivity contribution in [3.63, 3.8) is 0 Å². The van der Waals surface area contributed by atoms with Crippen LogP contribution in [0.4, 0.5) is 21.6 Å². The van der Waals surface area contributed by atoms with Gasteiger partial charge < -0.3 is 15.5 Å². The first kappa shape index (κ1) is 19.8. The van der Waals surface area contributed by atoms with Crippen molar-refractivity contribution in [2.75, 3.05) is 22.6 Å².